The molecule has 1 fully saturated rings. The van der Waals surface area contributed by atoms with Crippen LogP contribution >= 0.6 is 0 Å². The molecule has 1 aromatic rings. The van der Waals surface area contributed by atoms with Gasteiger partial charge in [0.25, 0.3) is 0 Å². The van der Waals surface area contributed by atoms with Crippen molar-refractivity contribution in [2.45, 2.75) is 13.8 Å². The number of ether oxygens (including phenoxy) is 1. The summed E-state index contributed by atoms with van der Waals surface area (Å²) in [5, 5.41) is 6.06. The molecule has 0 aliphatic carbocycles. The van der Waals surface area contributed by atoms with Gasteiger partial charge in [-0.2, -0.15) is 0 Å². The van der Waals surface area contributed by atoms with Gasteiger partial charge in [-0.3, -0.25) is 4.79 Å². The summed E-state index contributed by atoms with van der Waals surface area (Å²) < 4.78 is 5.24. The monoisotopic (exact) mass is 234 g/mol. The molecule has 17 heavy (non-hydrogen) atoms. The van der Waals surface area contributed by atoms with Crippen LogP contribution in [0.5, 0.6) is 5.75 Å². The number of nitrogens with one attached hydrogen (secondary N) is 2. The van der Waals surface area contributed by atoms with Crippen LogP contribution in [-0.4, -0.2) is 26.1 Å². The third kappa shape index (κ3) is 2.26. The van der Waals surface area contributed by atoms with Crippen molar-refractivity contribution in [3.8, 4) is 5.75 Å². The van der Waals surface area contributed by atoms with Crippen molar-refractivity contribution in [3.05, 3.63) is 23.3 Å². The van der Waals surface area contributed by atoms with Crippen molar-refractivity contribution in [1.82, 2.24) is 5.32 Å². The van der Waals surface area contributed by atoms with Gasteiger partial charge in [0, 0.05) is 18.8 Å². The largest absolute Gasteiger partial charge is 0.496 e. The molecule has 1 aliphatic heterocycles. The molecule has 0 spiro atoms. The predicted octanol–water partition coefficient (Wildman–Crippen LogP) is 1.47. The highest BCUT2D eigenvalue weighted by Gasteiger charge is 2.25. The predicted molar refractivity (Wildman–Crippen MR) is 67.5 cm³/mol. The van der Waals surface area contributed by atoms with Crippen LogP contribution in [0.1, 0.15) is 11.1 Å². The average Bonchev–Trinajstić information content (AvgIpc) is 2.23. The second kappa shape index (κ2) is 4.75. The quantitative estimate of drug-likeness (QED) is 0.832. The lowest BCUT2D eigenvalue weighted by Crippen LogP contribution is -2.48. The summed E-state index contributed by atoms with van der Waals surface area (Å²) in [5.74, 6) is 1.05. The van der Waals surface area contributed by atoms with Crippen molar-refractivity contribution in [3.63, 3.8) is 0 Å². The van der Waals surface area contributed by atoms with Gasteiger partial charge in [0.15, 0.2) is 0 Å². The summed E-state index contributed by atoms with van der Waals surface area (Å²) in [6, 6.07) is 3.78. The third-order valence-electron chi connectivity index (χ3n) is 3.37. The van der Waals surface area contributed by atoms with Gasteiger partial charge in [-0.15, -0.1) is 0 Å². The molecule has 1 aliphatic rings. The molecule has 2 N–H and O–H groups in total. The smallest absolute Gasteiger partial charge is 0.230 e. The third-order valence-corrected chi connectivity index (χ3v) is 3.37. The molecule has 2 rings (SSSR count). The van der Waals surface area contributed by atoms with E-state index in [0.717, 1.165) is 35.7 Å². The number of hydrogen-bond donors (Lipinski definition) is 2. The standard InChI is InChI=1S/C13H18N2O2/c1-8-9(2)12(17-3)5-4-11(8)15-13(16)10-6-14-7-10/h4-5,10,14H,6-7H2,1-3H3,(H,15,16). The maximum atomic E-state index is 11.8. The highest BCUT2D eigenvalue weighted by molar-refractivity contribution is 5.94. The summed E-state index contributed by atoms with van der Waals surface area (Å²) in [5.41, 5.74) is 3.00. The van der Waals surface area contributed by atoms with Gasteiger partial charge < -0.3 is 15.4 Å². The van der Waals surface area contributed by atoms with Crippen LogP contribution in [0.15, 0.2) is 12.1 Å². The molecular weight excluding hydrogens is 216 g/mol. The number of rotatable bonds is 3. The second-order valence-corrected chi connectivity index (χ2v) is 4.41. The van der Waals surface area contributed by atoms with Gasteiger partial charge in [-0.25, -0.2) is 0 Å². The molecular formula is C13H18N2O2. The number of methoxy groups -OCH3 is 1. The van der Waals surface area contributed by atoms with E-state index in [2.05, 4.69) is 10.6 Å². The minimum absolute atomic E-state index is 0.0939. The van der Waals surface area contributed by atoms with E-state index >= 15 is 0 Å². The van der Waals surface area contributed by atoms with E-state index in [9.17, 15) is 4.79 Å². The first-order valence-corrected chi connectivity index (χ1v) is 5.79. The summed E-state index contributed by atoms with van der Waals surface area (Å²) in [6.45, 7) is 5.54. The Kier molecular flexibility index (Phi) is 3.33. The van der Waals surface area contributed by atoms with Crippen molar-refractivity contribution in [2.24, 2.45) is 5.92 Å². The Morgan fingerprint density at radius 1 is 1.35 bits per heavy atom. The molecule has 1 heterocycles. The molecule has 0 radical (unpaired) electrons. The maximum Gasteiger partial charge on any atom is 0.230 e. The van der Waals surface area contributed by atoms with Crippen LogP contribution in [0.2, 0.25) is 0 Å². The van der Waals surface area contributed by atoms with Gasteiger partial charge in [0.1, 0.15) is 5.75 Å². The van der Waals surface area contributed by atoms with Crippen molar-refractivity contribution < 1.29 is 9.53 Å². The molecule has 1 aromatic carbocycles. The molecule has 0 atom stereocenters. The minimum Gasteiger partial charge on any atom is -0.496 e. The molecule has 0 unspecified atom stereocenters. The first-order chi connectivity index (χ1) is 8.13. The number of hydrogen-bond acceptors (Lipinski definition) is 3. The SMILES string of the molecule is COc1ccc(NC(=O)C2CNC2)c(C)c1C. The van der Waals surface area contributed by atoms with Crippen LogP contribution in [0.25, 0.3) is 0 Å². The lowest BCUT2D eigenvalue weighted by molar-refractivity contribution is -0.121. The molecule has 0 saturated carbocycles. The van der Waals surface area contributed by atoms with Gasteiger partial charge in [-0.05, 0) is 37.1 Å². The number of benzene rings is 1. The zero-order valence-electron chi connectivity index (χ0n) is 10.5. The van der Waals surface area contributed by atoms with E-state index < -0.39 is 0 Å². The highest BCUT2D eigenvalue weighted by Crippen LogP contribution is 2.27. The molecule has 0 bridgehead atoms. The van der Waals surface area contributed by atoms with E-state index in [-0.39, 0.29) is 11.8 Å². The number of amides is 1. The topological polar surface area (TPSA) is 50.4 Å². The first kappa shape index (κ1) is 11.9. The minimum atomic E-state index is 0.0939. The summed E-state index contributed by atoms with van der Waals surface area (Å²) >= 11 is 0. The fourth-order valence-corrected chi connectivity index (χ4v) is 1.86. The zero-order chi connectivity index (χ0) is 12.4. The van der Waals surface area contributed by atoms with Crippen LogP contribution < -0.4 is 15.4 Å². The molecule has 0 aromatic heterocycles. The van der Waals surface area contributed by atoms with Crippen molar-refractivity contribution in [1.29, 1.82) is 0 Å². The number of carbonyl (C=O) groups excluding carboxylic acids is 1. The molecule has 1 saturated heterocycles. The van der Waals surface area contributed by atoms with Crippen molar-refractivity contribution >= 4 is 11.6 Å². The lowest BCUT2D eigenvalue weighted by Gasteiger charge is -2.26. The summed E-state index contributed by atoms with van der Waals surface area (Å²) in [6.07, 6.45) is 0. The Balaban J connectivity index is 2.15. The Labute approximate surface area is 101 Å². The summed E-state index contributed by atoms with van der Waals surface area (Å²) in [7, 11) is 1.65. The Bertz CT molecular complexity index is 439. The van der Waals surface area contributed by atoms with Gasteiger partial charge in [-0.1, -0.05) is 0 Å². The highest BCUT2D eigenvalue weighted by atomic mass is 16.5. The van der Waals surface area contributed by atoms with Crippen LogP contribution in [0.4, 0.5) is 5.69 Å². The second-order valence-electron chi connectivity index (χ2n) is 4.41. The summed E-state index contributed by atoms with van der Waals surface area (Å²) in [4.78, 5) is 11.8. The molecule has 4 nitrogen and oxygen atoms in total. The molecule has 1 amide bonds. The molecule has 4 heteroatoms. The normalized spacial score (nSPS) is 15.2. The Morgan fingerprint density at radius 2 is 2.06 bits per heavy atom. The van der Waals surface area contributed by atoms with E-state index in [4.69, 9.17) is 4.74 Å². The van der Waals surface area contributed by atoms with E-state index in [1.165, 1.54) is 0 Å². The van der Waals surface area contributed by atoms with Crippen LogP contribution in [-0.2, 0) is 4.79 Å². The van der Waals surface area contributed by atoms with E-state index in [1.807, 2.05) is 26.0 Å². The average molecular weight is 234 g/mol. The first-order valence-electron chi connectivity index (χ1n) is 5.79. The van der Waals surface area contributed by atoms with Crippen LogP contribution in [0.3, 0.4) is 0 Å². The fourth-order valence-electron chi connectivity index (χ4n) is 1.86. The van der Waals surface area contributed by atoms with Gasteiger partial charge in [0.2, 0.25) is 5.91 Å². The Hall–Kier alpha value is -1.55. The van der Waals surface area contributed by atoms with Gasteiger partial charge in [0.05, 0.1) is 13.0 Å². The Morgan fingerprint density at radius 3 is 2.59 bits per heavy atom. The maximum absolute atomic E-state index is 11.8. The van der Waals surface area contributed by atoms with E-state index in [1.54, 1.807) is 7.11 Å². The number of carbonyl (C=O) groups is 1. The lowest BCUT2D eigenvalue weighted by atomic mass is 10.0. The fraction of sp³-hybridized carbons (Fsp3) is 0.462. The van der Waals surface area contributed by atoms with Gasteiger partial charge >= 0.3 is 0 Å². The number of anilines is 1. The van der Waals surface area contributed by atoms with Crippen molar-refractivity contribution in [2.75, 3.05) is 25.5 Å². The molecule has 92 valence electrons. The van der Waals surface area contributed by atoms with Crippen LogP contribution in [0, 0.1) is 19.8 Å². The van der Waals surface area contributed by atoms with E-state index in [0.29, 0.717) is 0 Å². The zero-order valence-corrected chi connectivity index (χ0v) is 10.5.